The molecule has 0 amide bonds. The molecule has 1 N–H and O–H groups in total. The Balaban J connectivity index is 2.07. The van der Waals surface area contributed by atoms with Gasteiger partial charge in [-0.15, -0.1) is 0 Å². The van der Waals surface area contributed by atoms with Crippen LogP contribution in [0.4, 0.5) is 0 Å². The molecule has 0 aliphatic heterocycles. The summed E-state index contributed by atoms with van der Waals surface area (Å²) in [6, 6.07) is 0. The average Bonchev–Trinajstić information content (AvgIpc) is 2.96. The van der Waals surface area contributed by atoms with Crippen LogP contribution < -0.4 is 0 Å². The molecule has 0 heterocycles. The molecule has 2 aliphatic carbocycles. The second-order valence-electron chi connectivity index (χ2n) is 6.47. The lowest BCUT2D eigenvalue weighted by atomic mass is 9.61. The fourth-order valence-electron chi connectivity index (χ4n) is 3.91. The molecule has 2 bridgehead atoms. The highest BCUT2D eigenvalue weighted by Crippen LogP contribution is 2.60. The van der Waals surface area contributed by atoms with Gasteiger partial charge < -0.3 is 5.11 Å². The van der Waals surface area contributed by atoms with Crippen LogP contribution in [0.15, 0.2) is 12.2 Å². The molecule has 2 aliphatic rings. The maximum atomic E-state index is 11.8. The average molecular weight is 250 g/mol. The number of hydrogen-bond acceptors (Lipinski definition) is 1. The van der Waals surface area contributed by atoms with Crippen molar-refractivity contribution in [3.8, 4) is 0 Å². The van der Waals surface area contributed by atoms with E-state index in [9.17, 15) is 9.90 Å². The summed E-state index contributed by atoms with van der Waals surface area (Å²) in [6.07, 6.45) is 13.3. The molecule has 0 aromatic rings. The molecule has 18 heavy (non-hydrogen) atoms. The summed E-state index contributed by atoms with van der Waals surface area (Å²) in [5.74, 6) is 0.0607. The van der Waals surface area contributed by atoms with E-state index in [1.165, 1.54) is 25.7 Å². The van der Waals surface area contributed by atoms with Crippen LogP contribution in [0.3, 0.4) is 0 Å². The molecular formula is C16H26O2. The number of aliphatic carboxylic acids is 1. The minimum Gasteiger partial charge on any atom is -0.481 e. The second-order valence-corrected chi connectivity index (χ2v) is 6.47. The van der Waals surface area contributed by atoms with Crippen molar-refractivity contribution in [2.75, 3.05) is 0 Å². The number of carboxylic acids is 1. The van der Waals surface area contributed by atoms with Crippen molar-refractivity contribution in [3.63, 3.8) is 0 Å². The lowest BCUT2D eigenvalue weighted by molar-refractivity contribution is -0.155. The molecule has 0 spiro atoms. The van der Waals surface area contributed by atoms with Gasteiger partial charge in [0.15, 0.2) is 0 Å². The number of rotatable bonds is 7. The lowest BCUT2D eigenvalue weighted by Crippen LogP contribution is -2.42. The van der Waals surface area contributed by atoms with E-state index < -0.39 is 11.4 Å². The van der Waals surface area contributed by atoms with Crippen molar-refractivity contribution < 1.29 is 9.90 Å². The molecule has 0 radical (unpaired) electrons. The van der Waals surface area contributed by atoms with Crippen molar-refractivity contribution in [3.05, 3.63) is 12.2 Å². The zero-order valence-corrected chi connectivity index (χ0v) is 11.7. The standard InChI is InChI=1S/C16H26O2/c1-3-4-5-6-9-15(2,14(17)18)16-10-7-13(12-16)8-11-16/h7,10,13H,3-6,8-9,11-12H2,1-2H3,(H,17,18). The molecule has 2 rings (SSSR count). The van der Waals surface area contributed by atoms with Crippen molar-refractivity contribution in [2.24, 2.45) is 16.7 Å². The number of fused-ring (bicyclic) bond motifs is 2. The highest BCUT2D eigenvalue weighted by Gasteiger charge is 2.56. The summed E-state index contributed by atoms with van der Waals surface area (Å²) in [4.78, 5) is 11.8. The molecule has 0 aromatic heterocycles. The Labute approximate surface area is 110 Å². The Morgan fingerprint density at radius 2 is 2.22 bits per heavy atom. The third kappa shape index (κ3) is 2.10. The molecular weight excluding hydrogens is 224 g/mol. The number of allylic oxidation sites excluding steroid dienone is 2. The van der Waals surface area contributed by atoms with Gasteiger partial charge in [0.2, 0.25) is 0 Å². The zero-order valence-electron chi connectivity index (χ0n) is 11.7. The van der Waals surface area contributed by atoms with Gasteiger partial charge in [0.25, 0.3) is 0 Å². The van der Waals surface area contributed by atoms with Gasteiger partial charge >= 0.3 is 5.97 Å². The van der Waals surface area contributed by atoms with E-state index in [2.05, 4.69) is 19.1 Å². The fourth-order valence-corrected chi connectivity index (χ4v) is 3.91. The van der Waals surface area contributed by atoms with Crippen molar-refractivity contribution in [2.45, 2.75) is 65.2 Å². The predicted molar refractivity (Wildman–Crippen MR) is 73.4 cm³/mol. The quantitative estimate of drug-likeness (QED) is 0.537. The van der Waals surface area contributed by atoms with Gasteiger partial charge in [-0.1, -0.05) is 44.8 Å². The monoisotopic (exact) mass is 250 g/mol. The van der Waals surface area contributed by atoms with Gasteiger partial charge in [-0.25, -0.2) is 0 Å². The summed E-state index contributed by atoms with van der Waals surface area (Å²) in [6.45, 7) is 4.18. The fraction of sp³-hybridized carbons (Fsp3) is 0.812. The lowest BCUT2D eigenvalue weighted by Gasteiger charge is -2.41. The summed E-state index contributed by atoms with van der Waals surface area (Å²) in [7, 11) is 0. The van der Waals surface area contributed by atoms with Gasteiger partial charge in [0.1, 0.15) is 0 Å². The van der Waals surface area contributed by atoms with Crippen LogP contribution in [0.5, 0.6) is 0 Å². The van der Waals surface area contributed by atoms with Crippen molar-refractivity contribution >= 4 is 5.97 Å². The summed E-state index contributed by atoms with van der Waals surface area (Å²) in [5, 5.41) is 9.73. The molecule has 1 fully saturated rings. The SMILES string of the molecule is CCCCCCC(C)(C(=O)O)C12C=CC(CC1)C2. The van der Waals surface area contributed by atoms with Gasteiger partial charge in [0, 0.05) is 5.41 Å². The van der Waals surface area contributed by atoms with E-state index in [4.69, 9.17) is 0 Å². The third-order valence-corrected chi connectivity index (χ3v) is 5.38. The van der Waals surface area contributed by atoms with E-state index in [0.29, 0.717) is 5.92 Å². The molecule has 102 valence electrons. The number of carboxylic acid groups (broad SMARTS) is 1. The van der Waals surface area contributed by atoms with Crippen LogP contribution >= 0.6 is 0 Å². The van der Waals surface area contributed by atoms with Crippen LogP contribution in [-0.4, -0.2) is 11.1 Å². The molecule has 0 saturated heterocycles. The summed E-state index contributed by atoms with van der Waals surface area (Å²) >= 11 is 0. The molecule has 0 aromatic carbocycles. The minimum atomic E-state index is -0.591. The Kier molecular flexibility index (Phi) is 3.84. The van der Waals surface area contributed by atoms with Crippen LogP contribution in [-0.2, 0) is 4.79 Å². The Bertz CT molecular complexity index is 347. The third-order valence-electron chi connectivity index (χ3n) is 5.38. The van der Waals surface area contributed by atoms with Crippen LogP contribution in [0.1, 0.15) is 65.2 Å². The Hall–Kier alpha value is -0.790. The van der Waals surface area contributed by atoms with E-state index >= 15 is 0 Å². The van der Waals surface area contributed by atoms with E-state index in [1.54, 1.807) is 0 Å². The minimum absolute atomic E-state index is 0.0459. The summed E-state index contributed by atoms with van der Waals surface area (Å²) < 4.78 is 0. The zero-order chi connectivity index (χ0) is 13.2. The largest absolute Gasteiger partial charge is 0.481 e. The van der Waals surface area contributed by atoms with Crippen LogP contribution in [0.25, 0.3) is 0 Å². The van der Waals surface area contributed by atoms with Crippen molar-refractivity contribution in [1.29, 1.82) is 0 Å². The van der Waals surface area contributed by atoms with Gasteiger partial charge in [0.05, 0.1) is 5.41 Å². The molecule has 2 heteroatoms. The van der Waals surface area contributed by atoms with Gasteiger partial charge in [-0.3, -0.25) is 4.79 Å². The normalized spacial score (nSPS) is 32.7. The number of hydrogen-bond donors (Lipinski definition) is 1. The van der Waals surface area contributed by atoms with Crippen molar-refractivity contribution in [1.82, 2.24) is 0 Å². The molecule has 2 nitrogen and oxygen atoms in total. The first-order valence-corrected chi connectivity index (χ1v) is 7.47. The van der Waals surface area contributed by atoms with E-state index in [1.807, 2.05) is 6.92 Å². The van der Waals surface area contributed by atoms with Gasteiger partial charge in [-0.05, 0) is 38.5 Å². The molecule has 3 atom stereocenters. The van der Waals surface area contributed by atoms with E-state index in [0.717, 1.165) is 25.7 Å². The number of unbranched alkanes of at least 4 members (excludes halogenated alkanes) is 3. The number of carbonyl (C=O) groups is 1. The van der Waals surface area contributed by atoms with Gasteiger partial charge in [-0.2, -0.15) is 0 Å². The molecule has 1 saturated carbocycles. The highest BCUT2D eigenvalue weighted by atomic mass is 16.4. The Morgan fingerprint density at radius 3 is 2.67 bits per heavy atom. The first-order chi connectivity index (χ1) is 8.54. The second kappa shape index (κ2) is 5.07. The Morgan fingerprint density at radius 1 is 1.44 bits per heavy atom. The summed E-state index contributed by atoms with van der Waals surface area (Å²) in [5.41, 5.74) is -0.599. The first-order valence-electron chi connectivity index (χ1n) is 7.47. The first kappa shape index (κ1) is 13.6. The van der Waals surface area contributed by atoms with Crippen LogP contribution in [0, 0.1) is 16.7 Å². The topological polar surface area (TPSA) is 37.3 Å². The van der Waals surface area contributed by atoms with E-state index in [-0.39, 0.29) is 5.41 Å². The molecule has 3 unspecified atom stereocenters. The maximum absolute atomic E-state index is 11.8. The van der Waals surface area contributed by atoms with Crippen LogP contribution in [0.2, 0.25) is 0 Å². The maximum Gasteiger partial charge on any atom is 0.310 e. The highest BCUT2D eigenvalue weighted by molar-refractivity contribution is 5.76. The smallest absolute Gasteiger partial charge is 0.310 e. The predicted octanol–water partition coefficient (Wildman–Crippen LogP) is 4.40.